The highest BCUT2D eigenvalue weighted by Gasteiger charge is 2.37. The number of benzene rings is 2. The van der Waals surface area contributed by atoms with Gasteiger partial charge in [0.1, 0.15) is 0 Å². The molecule has 46 heavy (non-hydrogen) atoms. The maximum atomic E-state index is 5.22. The van der Waals surface area contributed by atoms with Gasteiger partial charge in [-0.15, -0.1) is 0 Å². The zero-order chi connectivity index (χ0) is 31.8. The number of hydrogen-bond acceptors (Lipinski definition) is 7. The van der Waals surface area contributed by atoms with Gasteiger partial charge in [-0.1, -0.05) is 64.5 Å². The summed E-state index contributed by atoms with van der Waals surface area (Å²) >= 11 is 3.52. The predicted octanol–water partition coefficient (Wildman–Crippen LogP) is 6.67. The Morgan fingerprint density at radius 3 is 1.41 bits per heavy atom. The maximum absolute atomic E-state index is 5.22. The largest absolute Gasteiger partial charge is 0.481 e. The quantitative estimate of drug-likeness (QED) is 0.177. The van der Waals surface area contributed by atoms with Crippen molar-refractivity contribution in [2.45, 2.75) is 36.5 Å². The fourth-order valence-corrected chi connectivity index (χ4v) is 7.19. The predicted molar refractivity (Wildman–Crippen MR) is 186 cm³/mol. The normalized spacial score (nSPS) is 16.9. The number of aromatic nitrogens is 4. The maximum Gasteiger partial charge on any atom is 0.212 e. The monoisotopic (exact) mass is 680 g/mol. The topological polar surface area (TPSA) is 97.0 Å². The lowest BCUT2D eigenvalue weighted by atomic mass is 9.68. The molecule has 5 aromatic rings. The van der Waals surface area contributed by atoms with Crippen LogP contribution in [0, 0.1) is 0 Å². The van der Waals surface area contributed by atoms with Crippen LogP contribution in [-0.4, -0.2) is 60.6 Å². The van der Waals surface area contributed by atoms with Gasteiger partial charge in [-0.2, -0.15) is 5.10 Å². The number of rotatable bonds is 7. The second-order valence-electron chi connectivity index (χ2n) is 11.9. The van der Waals surface area contributed by atoms with Gasteiger partial charge in [0.2, 0.25) is 11.8 Å². The van der Waals surface area contributed by atoms with Crippen LogP contribution < -0.4 is 20.1 Å². The van der Waals surface area contributed by atoms with E-state index in [1.165, 1.54) is 27.8 Å². The third kappa shape index (κ3) is 6.72. The number of aromatic amines is 1. The number of H-pyrrole nitrogens is 1. The highest BCUT2D eigenvalue weighted by atomic mass is 79.9. The van der Waals surface area contributed by atoms with Gasteiger partial charge in [0.05, 0.1) is 20.4 Å². The molecular weight excluding hydrogens is 640 g/mol. The second kappa shape index (κ2) is 14.6. The molecule has 0 atom stereocenters. The first-order chi connectivity index (χ1) is 22.6. The standard InChI is InChI=1S/C20H22N4O.C17H19BrN2O/c1-25-19-7-6-18(14-22-19)20(8-10-21-11-9-20)17-4-2-15(3-5-17)16-12-23-24-13-16;1-21-16-7-4-14(12-20-16)17(8-10-19-11-9-17)13-2-5-15(18)6-3-13/h2-7,12-14,21H,8-11H2,1H3,(H,23,24);2-7,12,19H,8-11H2,1H3. The van der Waals surface area contributed by atoms with Crippen LogP contribution in [0.2, 0.25) is 0 Å². The Morgan fingerprint density at radius 2 is 1.02 bits per heavy atom. The SMILES string of the molecule is COc1ccc(C2(c3ccc(-c4cn[nH]c4)cc3)CCNCC2)cn1.COc1ccc(C2(c3ccc(Br)cc3)CCNCC2)cn1. The number of nitrogens with one attached hydrogen (secondary N) is 3. The summed E-state index contributed by atoms with van der Waals surface area (Å²) in [7, 11) is 3.30. The summed E-state index contributed by atoms with van der Waals surface area (Å²) < 4.78 is 11.5. The molecule has 0 amide bonds. The number of hydrogen-bond donors (Lipinski definition) is 3. The molecule has 2 aliphatic heterocycles. The Labute approximate surface area is 279 Å². The molecule has 2 saturated heterocycles. The van der Waals surface area contributed by atoms with E-state index in [-0.39, 0.29) is 10.8 Å². The first-order valence-electron chi connectivity index (χ1n) is 15.8. The Hall–Kier alpha value is -4.05. The van der Waals surface area contributed by atoms with Gasteiger partial charge >= 0.3 is 0 Å². The van der Waals surface area contributed by atoms with Gasteiger partial charge in [-0.3, -0.25) is 5.10 Å². The van der Waals surface area contributed by atoms with E-state index in [4.69, 9.17) is 9.47 Å². The summed E-state index contributed by atoms with van der Waals surface area (Å²) in [6.45, 7) is 4.08. The molecule has 2 aromatic carbocycles. The summed E-state index contributed by atoms with van der Waals surface area (Å²) in [6, 6.07) is 25.8. The molecule has 2 fully saturated rings. The van der Waals surface area contributed by atoms with Crippen molar-refractivity contribution in [3.05, 3.63) is 124 Å². The van der Waals surface area contributed by atoms with Gasteiger partial charge < -0.3 is 20.1 Å². The number of nitrogens with zero attached hydrogens (tertiary/aromatic N) is 3. The highest BCUT2D eigenvalue weighted by Crippen LogP contribution is 2.42. The fraction of sp³-hybridized carbons (Fsp3) is 0.324. The average Bonchev–Trinajstić information content (AvgIpc) is 3.68. The molecular formula is C37H41BrN6O2. The van der Waals surface area contributed by atoms with Crippen molar-refractivity contribution < 1.29 is 9.47 Å². The molecule has 0 saturated carbocycles. The lowest BCUT2D eigenvalue weighted by Gasteiger charge is -2.38. The third-order valence-corrected chi connectivity index (χ3v) is 10.1. The van der Waals surface area contributed by atoms with Crippen molar-refractivity contribution in [3.63, 3.8) is 0 Å². The first kappa shape index (κ1) is 31.9. The van der Waals surface area contributed by atoms with Crippen LogP contribution in [0.1, 0.15) is 47.9 Å². The van der Waals surface area contributed by atoms with Crippen LogP contribution in [0.15, 0.2) is 102 Å². The molecule has 3 aromatic heterocycles. The summed E-state index contributed by atoms with van der Waals surface area (Å²) in [5, 5.41) is 13.8. The van der Waals surface area contributed by atoms with E-state index in [9.17, 15) is 0 Å². The first-order valence-corrected chi connectivity index (χ1v) is 16.6. The van der Waals surface area contributed by atoms with Crippen molar-refractivity contribution >= 4 is 15.9 Å². The van der Waals surface area contributed by atoms with Gasteiger partial charge in [0.15, 0.2) is 0 Å². The number of methoxy groups -OCH3 is 2. The second-order valence-corrected chi connectivity index (χ2v) is 12.8. The minimum atomic E-state index is -0.000548. The van der Waals surface area contributed by atoms with Crippen LogP contribution in [0.3, 0.4) is 0 Å². The van der Waals surface area contributed by atoms with E-state index < -0.39 is 0 Å². The van der Waals surface area contributed by atoms with E-state index in [2.05, 4.69) is 107 Å². The van der Waals surface area contributed by atoms with E-state index in [0.29, 0.717) is 11.8 Å². The van der Waals surface area contributed by atoms with E-state index in [0.717, 1.165) is 61.9 Å². The van der Waals surface area contributed by atoms with Gasteiger partial charge in [-0.25, -0.2) is 9.97 Å². The molecule has 3 N–H and O–H groups in total. The molecule has 8 nitrogen and oxygen atoms in total. The van der Waals surface area contributed by atoms with Crippen molar-refractivity contribution in [1.82, 2.24) is 30.8 Å². The van der Waals surface area contributed by atoms with Crippen molar-refractivity contribution in [2.75, 3.05) is 40.4 Å². The Morgan fingerprint density at radius 1 is 0.565 bits per heavy atom. The lowest BCUT2D eigenvalue weighted by Crippen LogP contribution is -2.40. The molecule has 2 aliphatic rings. The molecule has 9 heteroatoms. The van der Waals surface area contributed by atoms with Crippen LogP contribution in [0.5, 0.6) is 11.8 Å². The summed E-state index contributed by atoms with van der Waals surface area (Å²) in [5.41, 5.74) is 7.56. The van der Waals surface area contributed by atoms with Crippen molar-refractivity contribution in [2.24, 2.45) is 0 Å². The van der Waals surface area contributed by atoms with Gasteiger partial charge in [0.25, 0.3) is 0 Å². The van der Waals surface area contributed by atoms with Crippen molar-refractivity contribution in [3.8, 4) is 22.9 Å². The molecule has 5 heterocycles. The molecule has 7 rings (SSSR count). The van der Waals surface area contributed by atoms with Crippen LogP contribution in [-0.2, 0) is 10.8 Å². The summed E-state index contributed by atoms with van der Waals surface area (Å²) in [4.78, 5) is 8.85. The minimum absolute atomic E-state index is 0.000548. The highest BCUT2D eigenvalue weighted by molar-refractivity contribution is 9.10. The smallest absolute Gasteiger partial charge is 0.212 e. The average molecular weight is 682 g/mol. The zero-order valence-electron chi connectivity index (χ0n) is 26.4. The van der Waals surface area contributed by atoms with Gasteiger partial charge in [-0.05, 0) is 91.8 Å². The molecule has 0 aliphatic carbocycles. The molecule has 0 radical (unpaired) electrons. The molecule has 0 spiro atoms. The Bertz CT molecular complexity index is 1650. The van der Waals surface area contributed by atoms with Crippen LogP contribution >= 0.6 is 15.9 Å². The van der Waals surface area contributed by atoms with E-state index in [1.54, 1.807) is 14.2 Å². The van der Waals surface area contributed by atoms with Crippen molar-refractivity contribution in [1.29, 1.82) is 0 Å². The third-order valence-electron chi connectivity index (χ3n) is 9.58. The molecule has 0 bridgehead atoms. The van der Waals surface area contributed by atoms with E-state index >= 15 is 0 Å². The fourth-order valence-electron chi connectivity index (χ4n) is 6.92. The molecule has 0 unspecified atom stereocenters. The van der Waals surface area contributed by atoms with Crippen LogP contribution in [0.25, 0.3) is 11.1 Å². The number of pyridine rings is 2. The molecule has 238 valence electrons. The summed E-state index contributed by atoms with van der Waals surface area (Å²) in [5.74, 6) is 1.32. The Kier molecular flexibility index (Phi) is 10.1. The number of halogens is 1. The van der Waals surface area contributed by atoms with Crippen LogP contribution in [0.4, 0.5) is 0 Å². The van der Waals surface area contributed by atoms with Gasteiger partial charge in [0, 0.05) is 51.6 Å². The van der Waals surface area contributed by atoms with E-state index in [1.807, 2.05) is 36.9 Å². The number of piperidine rings is 2. The Balaban J connectivity index is 0.000000164. The minimum Gasteiger partial charge on any atom is -0.481 e. The lowest BCUT2D eigenvalue weighted by molar-refractivity contribution is 0.358. The summed E-state index contributed by atoms with van der Waals surface area (Å²) in [6.07, 6.45) is 12.0. The number of ether oxygens (including phenoxy) is 2. The zero-order valence-corrected chi connectivity index (χ0v) is 28.0.